The van der Waals surface area contributed by atoms with Gasteiger partial charge >= 0.3 is 6.11 Å². The molecule has 32 heavy (non-hydrogen) atoms. The first-order valence-corrected chi connectivity index (χ1v) is 12.7. The van der Waals surface area contributed by atoms with E-state index in [9.17, 15) is 22.0 Å². The molecule has 6 heteroatoms. The Morgan fingerprint density at radius 3 is 2.03 bits per heavy atom. The van der Waals surface area contributed by atoms with E-state index in [1.807, 2.05) is 0 Å². The van der Waals surface area contributed by atoms with Gasteiger partial charge in [-0.1, -0.05) is 64.4 Å². The van der Waals surface area contributed by atoms with E-state index in [4.69, 9.17) is 0 Å². The van der Waals surface area contributed by atoms with Crippen LogP contribution in [0.15, 0.2) is 23.8 Å². The third-order valence-electron chi connectivity index (χ3n) is 8.00. The molecule has 0 amide bonds. The molecule has 1 unspecified atom stereocenters. The van der Waals surface area contributed by atoms with Crippen LogP contribution < -0.4 is 0 Å². The van der Waals surface area contributed by atoms with Gasteiger partial charge < -0.3 is 0 Å². The summed E-state index contributed by atoms with van der Waals surface area (Å²) in [6.07, 6.45) is 11.2. The summed E-state index contributed by atoms with van der Waals surface area (Å²) in [6, 6.07) is 0. The number of rotatable bonds is 10. The van der Waals surface area contributed by atoms with Crippen LogP contribution in [0, 0.1) is 23.7 Å². The number of allylic oxidation sites excluding steroid dienone is 2. The summed E-state index contributed by atoms with van der Waals surface area (Å²) in [5, 5.41) is 0. The highest BCUT2D eigenvalue weighted by Crippen LogP contribution is 2.45. The molecule has 0 aromatic heterocycles. The van der Waals surface area contributed by atoms with Crippen LogP contribution in [0.5, 0.6) is 0 Å². The molecule has 3 aliphatic rings. The third-order valence-corrected chi connectivity index (χ3v) is 8.00. The highest BCUT2D eigenvalue weighted by Gasteiger charge is 2.48. The topological polar surface area (TPSA) is 9.23 Å². The van der Waals surface area contributed by atoms with E-state index >= 15 is 0 Å². The van der Waals surface area contributed by atoms with Crippen molar-refractivity contribution in [1.29, 1.82) is 0 Å². The minimum absolute atomic E-state index is 0.157. The van der Waals surface area contributed by atoms with Gasteiger partial charge in [0.25, 0.3) is 5.85 Å². The van der Waals surface area contributed by atoms with Gasteiger partial charge in [-0.2, -0.15) is 8.78 Å². The number of alkyl halides is 3. The quantitative estimate of drug-likeness (QED) is 0.232. The molecule has 0 aliphatic heterocycles. The van der Waals surface area contributed by atoms with Crippen molar-refractivity contribution < 1.29 is 26.7 Å². The number of hydrogen-bond donors (Lipinski definition) is 0. The van der Waals surface area contributed by atoms with Crippen LogP contribution in [-0.2, 0) is 4.74 Å². The van der Waals surface area contributed by atoms with Gasteiger partial charge in [-0.05, 0) is 61.9 Å². The van der Waals surface area contributed by atoms with Crippen LogP contribution in [0.1, 0.15) is 103 Å². The molecule has 0 bridgehead atoms. The lowest BCUT2D eigenvalue weighted by Crippen LogP contribution is -2.38. The molecule has 3 rings (SSSR count). The van der Waals surface area contributed by atoms with E-state index in [1.54, 1.807) is 0 Å². The largest absolute Gasteiger partial charge is 0.358 e. The fourth-order valence-corrected chi connectivity index (χ4v) is 5.98. The Morgan fingerprint density at radius 1 is 0.906 bits per heavy atom. The maximum absolute atomic E-state index is 14.4. The first kappa shape index (κ1) is 25.7. The summed E-state index contributed by atoms with van der Waals surface area (Å²) in [6.45, 7) is 2.24. The minimum atomic E-state index is -3.83. The van der Waals surface area contributed by atoms with Crippen molar-refractivity contribution in [2.45, 2.75) is 115 Å². The highest BCUT2D eigenvalue weighted by molar-refractivity contribution is 5.26. The van der Waals surface area contributed by atoms with Crippen molar-refractivity contribution >= 4 is 0 Å². The fourth-order valence-electron chi connectivity index (χ4n) is 5.98. The normalized spacial score (nSPS) is 34.2. The van der Waals surface area contributed by atoms with E-state index in [-0.39, 0.29) is 12.3 Å². The molecule has 0 aromatic rings. The third kappa shape index (κ3) is 7.04. The van der Waals surface area contributed by atoms with Gasteiger partial charge in [0.1, 0.15) is 0 Å². The van der Waals surface area contributed by atoms with Crippen molar-refractivity contribution in [3.05, 3.63) is 23.8 Å². The molecule has 2 fully saturated rings. The molecule has 0 heterocycles. The van der Waals surface area contributed by atoms with Crippen LogP contribution in [0.25, 0.3) is 0 Å². The lowest BCUT2D eigenvalue weighted by atomic mass is 9.68. The van der Waals surface area contributed by atoms with Crippen molar-refractivity contribution in [2.24, 2.45) is 23.7 Å². The zero-order chi connectivity index (χ0) is 23.2. The predicted molar refractivity (Wildman–Crippen MR) is 117 cm³/mol. The molecule has 2 saturated carbocycles. The van der Waals surface area contributed by atoms with Gasteiger partial charge in [0.15, 0.2) is 5.83 Å². The van der Waals surface area contributed by atoms with Gasteiger partial charge in [0.2, 0.25) is 5.83 Å². The molecule has 1 nitrogen and oxygen atoms in total. The number of halogens is 5. The van der Waals surface area contributed by atoms with Crippen molar-refractivity contribution in [3.63, 3.8) is 0 Å². The fraction of sp³-hybridized carbons (Fsp3) is 0.846. The van der Waals surface area contributed by atoms with Crippen molar-refractivity contribution in [3.8, 4) is 0 Å². The Morgan fingerprint density at radius 2 is 1.47 bits per heavy atom. The van der Waals surface area contributed by atoms with E-state index in [2.05, 4.69) is 11.7 Å². The van der Waals surface area contributed by atoms with Crippen molar-refractivity contribution in [1.82, 2.24) is 0 Å². The van der Waals surface area contributed by atoms with Gasteiger partial charge in [0, 0.05) is 12.8 Å². The zero-order valence-electron chi connectivity index (χ0n) is 19.4. The zero-order valence-corrected chi connectivity index (χ0v) is 19.4. The van der Waals surface area contributed by atoms with Crippen molar-refractivity contribution in [2.75, 3.05) is 0 Å². The summed E-state index contributed by atoms with van der Waals surface area (Å²) >= 11 is 0. The standard InChI is InChI=1S/C26H39F5O/c1-2-3-4-6-19-8-12-21(13-9-19)22-14-10-20(11-15-22)16-18-26(30,31)32-25(29)17-5-7-23(27)24(25)28/h5,7,19-22H,2-4,6,8-18H2,1H3. The lowest BCUT2D eigenvalue weighted by Gasteiger charge is -2.38. The highest BCUT2D eigenvalue weighted by atomic mass is 19.3. The van der Waals surface area contributed by atoms with Gasteiger partial charge in [-0.3, -0.25) is 4.74 Å². The Kier molecular flexibility index (Phi) is 9.23. The molecule has 0 aromatic carbocycles. The number of hydrogen-bond acceptors (Lipinski definition) is 1. The van der Waals surface area contributed by atoms with Crippen LogP contribution in [0.4, 0.5) is 22.0 Å². The molecule has 1 atom stereocenters. The molecule has 184 valence electrons. The Bertz CT molecular complexity index is 645. The second-order valence-corrected chi connectivity index (χ2v) is 10.3. The van der Waals surface area contributed by atoms with E-state index in [1.165, 1.54) is 51.4 Å². The van der Waals surface area contributed by atoms with E-state index in [0.29, 0.717) is 5.92 Å². The number of unbranched alkanes of at least 4 members (excludes halogenated alkanes) is 2. The lowest BCUT2D eigenvalue weighted by molar-refractivity contribution is -0.326. The molecule has 0 N–H and O–H groups in total. The SMILES string of the molecule is CCCCCC1CCC(C2CCC(CCC(F)(F)OC3(F)CC=CC(F)=C3F)CC2)CC1. The molecule has 0 spiro atoms. The average molecular weight is 463 g/mol. The molecule has 0 radical (unpaired) electrons. The van der Waals surface area contributed by atoms with Crippen LogP contribution >= 0.6 is 0 Å². The Balaban J connectivity index is 1.37. The van der Waals surface area contributed by atoms with E-state index in [0.717, 1.165) is 49.7 Å². The maximum Gasteiger partial charge on any atom is 0.358 e. The Labute approximate surface area is 189 Å². The molecular formula is C26H39F5O. The predicted octanol–water partition coefficient (Wildman–Crippen LogP) is 9.35. The van der Waals surface area contributed by atoms with Crippen LogP contribution in [0.2, 0.25) is 0 Å². The summed E-state index contributed by atoms with van der Waals surface area (Å²) in [7, 11) is 0. The second-order valence-electron chi connectivity index (χ2n) is 10.3. The molecule has 3 aliphatic carbocycles. The molecule has 0 saturated heterocycles. The van der Waals surface area contributed by atoms with Crippen LogP contribution in [-0.4, -0.2) is 12.0 Å². The van der Waals surface area contributed by atoms with E-state index < -0.39 is 36.5 Å². The maximum atomic E-state index is 14.4. The first-order valence-electron chi connectivity index (χ1n) is 12.7. The van der Waals surface area contributed by atoms with Gasteiger partial charge in [0.05, 0.1) is 0 Å². The van der Waals surface area contributed by atoms with Gasteiger partial charge in [-0.15, -0.1) is 0 Å². The number of ether oxygens (including phenoxy) is 1. The van der Waals surface area contributed by atoms with Crippen LogP contribution in [0.3, 0.4) is 0 Å². The summed E-state index contributed by atoms with van der Waals surface area (Å²) in [5.74, 6) is -4.30. The minimum Gasteiger partial charge on any atom is -0.276 e. The summed E-state index contributed by atoms with van der Waals surface area (Å²) in [4.78, 5) is 0. The monoisotopic (exact) mass is 462 g/mol. The second kappa shape index (κ2) is 11.5. The average Bonchev–Trinajstić information content (AvgIpc) is 2.77. The smallest absolute Gasteiger partial charge is 0.276 e. The Hall–Kier alpha value is -0.910. The summed E-state index contributed by atoms with van der Waals surface area (Å²) < 4.78 is 74.0. The molecular weight excluding hydrogens is 423 g/mol. The summed E-state index contributed by atoms with van der Waals surface area (Å²) in [5.41, 5.74) is 0. The van der Waals surface area contributed by atoms with Gasteiger partial charge in [-0.25, -0.2) is 13.2 Å². The first-order chi connectivity index (χ1) is 15.2.